The van der Waals surface area contributed by atoms with Crippen LogP contribution in [0.5, 0.6) is 11.5 Å². The van der Waals surface area contributed by atoms with Crippen molar-refractivity contribution in [3.8, 4) is 11.5 Å². The number of aryl methyl sites for hydroxylation is 3. The van der Waals surface area contributed by atoms with Crippen molar-refractivity contribution in [3.63, 3.8) is 0 Å². The number of anilines is 1. The van der Waals surface area contributed by atoms with Gasteiger partial charge in [0.15, 0.2) is 0 Å². The van der Waals surface area contributed by atoms with E-state index in [1.165, 1.54) is 27.3 Å². The topological polar surface area (TPSA) is 162 Å². The summed E-state index contributed by atoms with van der Waals surface area (Å²) in [5, 5.41) is 56.5. The van der Waals surface area contributed by atoms with Gasteiger partial charge in [-0.2, -0.15) is 0 Å². The van der Waals surface area contributed by atoms with Crippen LogP contribution in [0.4, 0.5) is 5.69 Å². The van der Waals surface area contributed by atoms with Gasteiger partial charge in [-0.15, -0.1) is 11.8 Å². The Labute approximate surface area is 440 Å². The Kier molecular flexibility index (Phi) is 33.6. The van der Waals surface area contributed by atoms with E-state index in [0.29, 0.717) is 19.8 Å². The molecular weight excluding hydrogens is 921 g/mol. The molecule has 10 rings (SSSR count). The van der Waals surface area contributed by atoms with E-state index in [-0.39, 0.29) is 27.4 Å². The molecule has 0 bridgehead atoms. The predicted octanol–water partition coefficient (Wildman–Crippen LogP) is 6.93. The second-order valence-corrected chi connectivity index (χ2v) is 16.7. The molecule has 0 aromatic heterocycles. The quantitative estimate of drug-likeness (QED) is 0.0771. The summed E-state index contributed by atoms with van der Waals surface area (Å²) in [5.41, 5.74) is 12.8. The van der Waals surface area contributed by atoms with Gasteiger partial charge in [-0.1, -0.05) is 123 Å². The van der Waals surface area contributed by atoms with Gasteiger partial charge in [-0.3, -0.25) is 0 Å². The molecule has 5 aliphatic heterocycles. The number of hydrogen-bond acceptors (Lipinski definition) is 12. The van der Waals surface area contributed by atoms with Crippen LogP contribution in [0.3, 0.4) is 0 Å². The molecular formula is C55H86B5NO10S. The summed E-state index contributed by atoms with van der Waals surface area (Å²) in [5.74, 6) is 1.66. The van der Waals surface area contributed by atoms with Crippen LogP contribution in [-0.2, 0) is 48.4 Å². The van der Waals surface area contributed by atoms with E-state index in [4.69, 9.17) is 23.9 Å². The Balaban J connectivity index is 0.000000431. The highest BCUT2D eigenvalue weighted by Crippen LogP contribution is 2.21. The van der Waals surface area contributed by atoms with Crippen LogP contribution in [0.25, 0.3) is 0 Å². The molecule has 6 N–H and O–H groups in total. The first-order chi connectivity index (χ1) is 34.9. The Hall–Kier alpha value is -4.15. The van der Waals surface area contributed by atoms with E-state index in [2.05, 4.69) is 23.1 Å². The maximum absolute atomic E-state index is 9.67. The third-order valence-electron chi connectivity index (χ3n) is 11.7. The van der Waals surface area contributed by atoms with Crippen molar-refractivity contribution in [3.05, 3.63) is 124 Å². The molecule has 0 radical (unpaired) electrons. The van der Waals surface area contributed by atoms with E-state index < -0.39 is 14.2 Å². The number of hydrogen-bond donors (Lipinski definition) is 6. The van der Waals surface area contributed by atoms with Crippen LogP contribution in [-0.4, -0.2) is 99.3 Å². The summed E-state index contributed by atoms with van der Waals surface area (Å²) in [6, 6.07) is 29.7. The zero-order valence-electron chi connectivity index (χ0n) is 46.3. The monoisotopic (exact) mass is 1010 g/mol. The van der Waals surface area contributed by atoms with Crippen LogP contribution < -0.4 is 41.7 Å². The van der Waals surface area contributed by atoms with Crippen molar-refractivity contribution in [2.24, 2.45) is 0 Å². The van der Waals surface area contributed by atoms with E-state index in [1.54, 1.807) is 24.9 Å². The summed E-state index contributed by atoms with van der Waals surface area (Å²) in [6.07, 6.45) is 7.47. The van der Waals surface area contributed by atoms with Gasteiger partial charge in [0.2, 0.25) is 0 Å². The molecule has 0 aliphatic carbocycles. The minimum atomic E-state index is -0.782. The third-order valence-corrected chi connectivity index (χ3v) is 12.4. The average molecular weight is 1010 g/mol. The summed E-state index contributed by atoms with van der Waals surface area (Å²) < 4.78 is 20.5. The van der Waals surface area contributed by atoms with E-state index in [9.17, 15) is 25.1 Å². The molecule has 0 saturated carbocycles. The molecule has 0 amide bonds. The number of nitrogens with zero attached hydrogens (tertiary/aromatic N) is 1. The van der Waals surface area contributed by atoms with Crippen LogP contribution >= 0.6 is 11.8 Å². The normalized spacial score (nSPS) is 13.1. The maximum Gasteiger partial charge on any atom is 0.491 e. The van der Waals surface area contributed by atoms with Gasteiger partial charge < -0.3 is 53.9 Å². The fourth-order valence-corrected chi connectivity index (χ4v) is 8.65. The van der Waals surface area contributed by atoms with Gasteiger partial charge >= 0.3 is 35.0 Å². The van der Waals surface area contributed by atoms with E-state index in [0.717, 1.165) is 93.7 Å². The Morgan fingerprint density at radius 1 is 0.556 bits per heavy atom. The van der Waals surface area contributed by atoms with Crippen LogP contribution in [0.15, 0.2) is 95.9 Å². The van der Waals surface area contributed by atoms with Gasteiger partial charge in [-0.25, -0.2) is 0 Å². The van der Waals surface area contributed by atoms with Crippen molar-refractivity contribution in [2.75, 3.05) is 39.0 Å². The summed E-state index contributed by atoms with van der Waals surface area (Å²) in [6.45, 7) is 22.9. The first kappa shape index (κ1) is 65.9. The first-order valence-corrected chi connectivity index (χ1v) is 27.4. The number of benzene rings is 5. The first-order valence-electron chi connectivity index (χ1n) is 26.2. The predicted molar refractivity (Wildman–Crippen MR) is 312 cm³/mol. The van der Waals surface area contributed by atoms with E-state index in [1.807, 2.05) is 163 Å². The van der Waals surface area contributed by atoms with Gasteiger partial charge in [-0.05, 0) is 150 Å². The molecule has 11 nitrogen and oxygen atoms in total. The zero-order chi connectivity index (χ0) is 54.3. The van der Waals surface area contributed by atoms with Crippen molar-refractivity contribution >= 4 is 79.7 Å². The fraction of sp³-hybridized carbons (Fsp3) is 0.455. The van der Waals surface area contributed by atoms with Crippen molar-refractivity contribution < 1.29 is 49.0 Å². The largest absolute Gasteiger partial charge is 0.497 e. The van der Waals surface area contributed by atoms with Gasteiger partial charge in [0.1, 0.15) is 11.5 Å². The third kappa shape index (κ3) is 19.3. The summed E-state index contributed by atoms with van der Waals surface area (Å²) >= 11 is 1.67. The number of rotatable bonds is 6. The molecule has 0 fully saturated rings. The number of ether oxygens (including phenoxy) is 2. The molecule has 5 aliphatic rings. The second kappa shape index (κ2) is 36.7. The number of fused-ring (bicyclic) bond motifs is 5. The number of thioether (sulfide) groups is 1. The molecule has 0 unspecified atom stereocenters. The molecule has 0 atom stereocenters. The second-order valence-electron chi connectivity index (χ2n) is 15.8. The Morgan fingerprint density at radius 2 is 1.08 bits per heavy atom. The lowest BCUT2D eigenvalue weighted by molar-refractivity contribution is 0.275. The highest BCUT2D eigenvalue weighted by molar-refractivity contribution is 7.98. The van der Waals surface area contributed by atoms with Gasteiger partial charge in [0.25, 0.3) is 0 Å². The van der Waals surface area contributed by atoms with Crippen LogP contribution in [0.2, 0.25) is 19.0 Å². The summed E-state index contributed by atoms with van der Waals surface area (Å²) in [7, 11) is 4.14. The molecule has 5 heterocycles. The molecule has 5 aromatic carbocycles. The van der Waals surface area contributed by atoms with Crippen molar-refractivity contribution in [2.45, 2.75) is 139 Å². The highest BCUT2D eigenvalue weighted by Gasteiger charge is 2.29. The minimum absolute atomic E-state index is 0.0280. The lowest BCUT2D eigenvalue weighted by Crippen LogP contribution is -2.29. The average Bonchev–Trinajstić information content (AvgIpc) is 4.29. The molecule has 17 heteroatoms. The molecule has 5 aromatic rings. The zero-order valence-corrected chi connectivity index (χ0v) is 47.1. The summed E-state index contributed by atoms with van der Waals surface area (Å²) in [4.78, 5) is 3.23. The van der Waals surface area contributed by atoms with Crippen LogP contribution in [0.1, 0.15) is 110 Å². The SMILES string of the molecule is CC.CC.CC.CC.CC.CCOc1ccc2c(c1)CCB2O.CN(C)c1ccc2c(c1)B(O)CC2.COc1ccc2c(c1)B(O)OC2.CSc1ccc2c(c1)B(O)OC2.OCc1cccc2c1B(O)CC2. The van der Waals surface area contributed by atoms with Crippen LogP contribution in [0, 0.1) is 0 Å². The highest BCUT2D eigenvalue weighted by atomic mass is 32.2. The maximum atomic E-state index is 9.67. The standard InChI is InChI=1S/C10H14BNO.C10H13BO2.C9H11BO2.C8H9BO3.C8H9BO2S.5C2H6/c1-12(2)9-4-3-8-5-6-11(13)10(8)7-9;1-2-13-9-3-4-10-8(7-9)5-6-11(10)12;11-6-8-3-1-2-7-4-5-10(12)9(7)8;1-11-7-3-2-6-5-12-9(10)8(6)4-7;1-12-7-3-2-6-5-11-9(10)8(6)4-7;5*1-2/h3-4,7,13H,5-6H2,1-2H3;3-4,7,12H,2,5-6H2,1H3;1-3,11-12H,4-6H2;2*2-4,10H,5H2,1H3;5*1-2H3. The molecule has 0 saturated heterocycles. The number of aliphatic hydroxyl groups is 1. The van der Waals surface area contributed by atoms with E-state index >= 15 is 0 Å². The smallest absolute Gasteiger partial charge is 0.491 e. The lowest BCUT2D eigenvalue weighted by atomic mass is 9.61. The van der Waals surface area contributed by atoms with Gasteiger partial charge in [0.05, 0.1) is 33.5 Å². The van der Waals surface area contributed by atoms with Gasteiger partial charge in [0, 0.05) is 24.7 Å². The Bertz CT molecular complexity index is 2210. The van der Waals surface area contributed by atoms with Crippen molar-refractivity contribution in [1.29, 1.82) is 0 Å². The molecule has 392 valence electrons. The number of methoxy groups -OCH3 is 1. The molecule has 0 spiro atoms. The minimum Gasteiger partial charge on any atom is -0.497 e. The molecule has 72 heavy (non-hydrogen) atoms. The fourth-order valence-electron chi connectivity index (χ4n) is 8.20. The number of aliphatic hydroxyl groups excluding tert-OH is 1. The lowest BCUT2D eigenvalue weighted by Gasteiger charge is -2.14. The Morgan fingerprint density at radius 3 is 1.65 bits per heavy atom. The van der Waals surface area contributed by atoms with Crippen molar-refractivity contribution in [1.82, 2.24) is 0 Å².